The molecule has 45 heavy (non-hydrogen) atoms. The van der Waals surface area contributed by atoms with E-state index in [1.165, 1.54) is 55.6 Å². The summed E-state index contributed by atoms with van der Waals surface area (Å²) in [7, 11) is 0. The van der Waals surface area contributed by atoms with Gasteiger partial charge >= 0.3 is 0 Å². The Balaban J connectivity index is 1.14. The van der Waals surface area contributed by atoms with E-state index >= 15 is 0 Å². The lowest BCUT2D eigenvalue weighted by Gasteiger charge is -2.22. The quantitative estimate of drug-likeness (QED) is 0.181. The van der Waals surface area contributed by atoms with Crippen molar-refractivity contribution in [2.75, 3.05) is 0 Å². The number of hydrogen-bond donors (Lipinski definition) is 0. The van der Waals surface area contributed by atoms with Crippen molar-refractivity contribution in [3.05, 3.63) is 154 Å². The normalized spacial score (nSPS) is 15.1. The molecule has 2 aliphatic rings. The molecular formula is C43H32OS. The summed E-state index contributed by atoms with van der Waals surface area (Å²) in [6.07, 6.45) is 0. The summed E-state index contributed by atoms with van der Waals surface area (Å²) in [5, 5.41) is 1.57. The van der Waals surface area contributed by atoms with E-state index in [0.717, 1.165) is 31.3 Å². The number of fused-ring (bicyclic) bond motifs is 8. The van der Waals surface area contributed by atoms with E-state index in [-0.39, 0.29) is 16.3 Å². The van der Waals surface area contributed by atoms with Crippen molar-refractivity contribution in [3.8, 4) is 44.5 Å². The van der Waals surface area contributed by atoms with E-state index in [1.54, 1.807) is 11.3 Å². The van der Waals surface area contributed by atoms with Gasteiger partial charge in [-0.15, -0.1) is 11.3 Å². The molecule has 6 aromatic carbocycles. The van der Waals surface area contributed by atoms with Gasteiger partial charge in [-0.2, -0.15) is 0 Å². The van der Waals surface area contributed by atoms with Gasteiger partial charge in [-0.3, -0.25) is 4.79 Å². The minimum absolute atomic E-state index is 0.0498. The van der Waals surface area contributed by atoms with Gasteiger partial charge in [0.2, 0.25) is 0 Å². The molecule has 9 rings (SSSR count). The van der Waals surface area contributed by atoms with Crippen LogP contribution in [0.2, 0.25) is 0 Å². The van der Waals surface area contributed by atoms with Gasteiger partial charge < -0.3 is 0 Å². The highest BCUT2D eigenvalue weighted by atomic mass is 32.1. The largest absolute Gasteiger partial charge is 0.289 e. The molecule has 1 aromatic heterocycles. The predicted molar refractivity (Wildman–Crippen MR) is 192 cm³/mol. The summed E-state index contributed by atoms with van der Waals surface area (Å²) in [6.45, 7) is 9.27. The Kier molecular flexibility index (Phi) is 5.39. The van der Waals surface area contributed by atoms with Crippen LogP contribution in [0.15, 0.2) is 126 Å². The van der Waals surface area contributed by atoms with Crippen molar-refractivity contribution in [2.24, 2.45) is 0 Å². The molecule has 0 N–H and O–H groups in total. The minimum Gasteiger partial charge on any atom is -0.289 e. The molecule has 0 saturated carbocycles. The van der Waals surface area contributed by atoms with Crippen LogP contribution in [0.1, 0.15) is 49.9 Å². The SMILES string of the molecule is CC1(C)c2ccccc2-c2ccc(-c3ccc4c(=O)c5ccc(-c6ccc7c(c6)C(C)(C)c6ccccc6-7)cc5sc4c3)cc21. The summed E-state index contributed by atoms with van der Waals surface area (Å²) in [4.78, 5) is 13.7. The van der Waals surface area contributed by atoms with Crippen LogP contribution in [-0.2, 0) is 10.8 Å². The third-order valence-corrected chi connectivity index (χ3v) is 11.6. The lowest BCUT2D eigenvalue weighted by Crippen LogP contribution is -2.14. The molecule has 1 nitrogen and oxygen atoms in total. The molecular weight excluding hydrogens is 565 g/mol. The van der Waals surface area contributed by atoms with Crippen molar-refractivity contribution in [2.45, 2.75) is 38.5 Å². The molecule has 0 saturated heterocycles. The van der Waals surface area contributed by atoms with E-state index in [9.17, 15) is 4.79 Å². The van der Waals surface area contributed by atoms with Gasteiger partial charge in [-0.25, -0.2) is 0 Å². The Labute approximate surface area is 267 Å². The summed E-state index contributed by atoms with van der Waals surface area (Å²) in [5.74, 6) is 0. The summed E-state index contributed by atoms with van der Waals surface area (Å²) in [6, 6.07) is 43.9. The second-order valence-corrected chi connectivity index (χ2v) is 14.8. The number of rotatable bonds is 2. The fraction of sp³-hybridized carbons (Fsp3) is 0.140. The molecule has 2 aliphatic carbocycles. The lowest BCUT2D eigenvalue weighted by molar-refractivity contribution is 0.660. The van der Waals surface area contributed by atoms with Crippen molar-refractivity contribution in [1.29, 1.82) is 0 Å². The molecule has 0 aliphatic heterocycles. The van der Waals surface area contributed by atoms with E-state index in [1.807, 2.05) is 12.1 Å². The molecule has 0 fully saturated rings. The highest BCUT2D eigenvalue weighted by Gasteiger charge is 2.36. The average molecular weight is 597 g/mol. The molecule has 0 radical (unpaired) electrons. The van der Waals surface area contributed by atoms with Gasteiger partial charge in [0.1, 0.15) is 0 Å². The third kappa shape index (κ3) is 3.70. The van der Waals surface area contributed by atoms with Crippen LogP contribution in [0, 0.1) is 0 Å². The van der Waals surface area contributed by atoms with Crippen LogP contribution >= 0.6 is 11.3 Å². The molecule has 0 amide bonds. The highest BCUT2D eigenvalue weighted by molar-refractivity contribution is 7.24. The van der Waals surface area contributed by atoms with Crippen molar-refractivity contribution < 1.29 is 0 Å². The smallest absolute Gasteiger partial charge is 0.195 e. The van der Waals surface area contributed by atoms with Gasteiger partial charge in [-0.1, -0.05) is 113 Å². The molecule has 7 aromatic rings. The first-order valence-corrected chi connectivity index (χ1v) is 16.5. The fourth-order valence-electron chi connectivity index (χ4n) is 7.98. The van der Waals surface area contributed by atoms with Crippen molar-refractivity contribution in [1.82, 2.24) is 0 Å². The molecule has 0 spiro atoms. The zero-order valence-electron chi connectivity index (χ0n) is 25.9. The van der Waals surface area contributed by atoms with Crippen LogP contribution < -0.4 is 5.43 Å². The molecule has 1 heterocycles. The molecule has 216 valence electrons. The minimum atomic E-state index is -0.0498. The number of hydrogen-bond acceptors (Lipinski definition) is 2. The molecule has 2 heteroatoms. The zero-order valence-corrected chi connectivity index (χ0v) is 26.7. The lowest BCUT2D eigenvalue weighted by atomic mass is 9.81. The van der Waals surface area contributed by atoms with E-state index in [0.29, 0.717) is 0 Å². The standard InChI is InChI=1S/C43H32OS/c1-42(2)35-11-7-5-9-29(35)31-17-13-25(21-37(31)42)27-15-19-33-39(23-27)45-40-24-28(16-20-34(40)41(33)44)26-14-18-32-30-10-6-8-12-36(30)43(3,4)38(32)22-26/h5-24H,1-4H3. The van der Waals surface area contributed by atoms with Gasteiger partial charge in [0, 0.05) is 31.0 Å². The summed E-state index contributed by atoms with van der Waals surface area (Å²) >= 11 is 1.71. The van der Waals surface area contributed by atoms with Crippen LogP contribution in [-0.4, -0.2) is 0 Å². The highest BCUT2D eigenvalue weighted by Crippen LogP contribution is 2.51. The van der Waals surface area contributed by atoms with Crippen LogP contribution in [0.25, 0.3) is 64.7 Å². The van der Waals surface area contributed by atoms with Crippen LogP contribution in [0.3, 0.4) is 0 Å². The topological polar surface area (TPSA) is 17.1 Å². The van der Waals surface area contributed by atoms with Crippen molar-refractivity contribution >= 4 is 31.5 Å². The molecule has 0 atom stereocenters. The van der Waals surface area contributed by atoms with Gasteiger partial charge in [0.05, 0.1) is 0 Å². The predicted octanol–water partition coefficient (Wildman–Crippen LogP) is 11.4. The molecule has 0 bridgehead atoms. The van der Waals surface area contributed by atoms with Crippen molar-refractivity contribution in [3.63, 3.8) is 0 Å². The summed E-state index contributed by atoms with van der Waals surface area (Å²) < 4.78 is 2.05. The first-order chi connectivity index (χ1) is 21.7. The van der Waals surface area contributed by atoms with E-state index in [2.05, 4.69) is 137 Å². The summed E-state index contributed by atoms with van der Waals surface area (Å²) in [5.41, 5.74) is 15.5. The monoisotopic (exact) mass is 596 g/mol. The molecule has 0 unspecified atom stereocenters. The Morgan fingerprint density at radius 3 is 1.27 bits per heavy atom. The third-order valence-electron chi connectivity index (χ3n) is 10.5. The van der Waals surface area contributed by atoms with E-state index < -0.39 is 0 Å². The van der Waals surface area contributed by atoms with Gasteiger partial charge in [-0.05, 0) is 103 Å². The zero-order chi connectivity index (χ0) is 30.7. The average Bonchev–Trinajstić information content (AvgIpc) is 3.43. The maximum atomic E-state index is 13.7. The maximum Gasteiger partial charge on any atom is 0.195 e. The van der Waals surface area contributed by atoms with Crippen LogP contribution in [0.5, 0.6) is 0 Å². The first-order valence-electron chi connectivity index (χ1n) is 15.7. The van der Waals surface area contributed by atoms with Crippen LogP contribution in [0.4, 0.5) is 0 Å². The first kappa shape index (κ1) is 26.6. The Morgan fingerprint density at radius 1 is 0.422 bits per heavy atom. The Hall–Kier alpha value is -4.79. The Morgan fingerprint density at radius 2 is 0.800 bits per heavy atom. The van der Waals surface area contributed by atoms with Gasteiger partial charge in [0.25, 0.3) is 0 Å². The van der Waals surface area contributed by atoms with Gasteiger partial charge in [0.15, 0.2) is 5.43 Å². The fourth-order valence-corrected chi connectivity index (χ4v) is 9.13. The number of benzene rings is 6. The second-order valence-electron chi connectivity index (χ2n) is 13.7. The Bertz CT molecular complexity index is 2290. The maximum absolute atomic E-state index is 13.7. The second kappa shape index (κ2) is 9.12. The van der Waals surface area contributed by atoms with E-state index in [4.69, 9.17) is 0 Å².